The van der Waals surface area contributed by atoms with Crippen LogP contribution < -0.4 is 19.6 Å². The molecule has 0 spiro atoms. The zero-order chi connectivity index (χ0) is 24.5. The van der Waals surface area contributed by atoms with Crippen molar-refractivity contribution in [1.29, 1.82) is 0 Å². The van der Waals surface area contributed by atoms with Crippen LogP contribution in [-0.4, -0.2) is 36.7 Å². The molecular weight excluding hydrogens is 466 g/mol. The molecule has 0 heterocycles. The van der Waals surface area contributed by atoms with E-state index in [1.54, 1.807) is 36.4 Å². The van der Waals surface area contributed by atoms with Crippen molar-refractivity contribution in [2.45, 2.75) is 0 Å². The maximum absolute atomic E-state index is 12.4. The molecule has 0 saturated heterocycles. The lowest BCUT2D eigenvalue weighted by molar-refractivity contribution is -0.384. The predicted molar refractivity (Wildman–Crippen MR) is 124 cm³/mol. The molecule has 11 heteroatoms. The fraction of sp³-hybridized carbons (Fsp3) is 0.0870. The van der Waals surface area contributed by atoms with Gasteiger partial charge < -0.3 is 14.2 Å². The Morgan fingerprint density at radius 3 is 2.50 bits per heavy atom. The van der Waals surface area contributed by atoms with Crippen molar-refractivity contribution in [3.05, 3.63) is 93.0 Å². The molecule has 3 rings (SSSR count). The number of amides is 1. The average Bonchev–Trinajstić information content (AvgIpc) is 2.84. The molecule has 3 aromatic rings. The molecule has 174 valence electrons. The van der Waals surface area contributed by atoms with Crippen LogP contribution in [0.3, 0.4) is 0 Å². The number of hydrazone groups is 1. The largest absolute Gasteiger partial charge is 0.493 e. The zero-order valence-electron chi connectivity index (χ0n) is 17.8. The minimum absolute atomic E-state index is 0.0820. The number of nitrogens with zero attached hydrogens (tertiary/aromatic N) is 2. The molecule has 0 unspecified atom stereocenters. The van der Waals surface area contributed by atoms with Gasteiger partial charge in [-0.1, -0.05) is 23.7 Å². The Bertz CT molecular complexity index is 1230. The summed E-state index contributed by atoms with van der Waals surface area (Å²) in [5.74, 6) is -0.406. The van der Waals surface area contributed by atoms with E-state index in [1.807, 2.05) is 0 Å². The Kier molecular flexibility index (Phi) is 8.14. The first kappa shape index (κ1) is 24.2. The Morgan fingerprint density at radius 1 is 1.09 bits per heavy atom. The Labute approximate surface area is 198 Å². The normalized spacial score (nSPS) is 10.5. The number of carbonyl (C=O) groups is 2. The van der Waals surface area contributed by atoms with Crippen molar-refractivity contribution >= 4 is 35.4 Å². The van der Waals surface area contributed by atoms with Crippen molar-refractivity contribution < 1.29 is 28.7 Å². The van der Waals surface area contributed by atoms with Gasteiger partial charge in [0.05, 0.1) is 28.8 Å². The van der Waals surface area contributed by atoms with E-state index < -0.39 is 16.8 Å². The highest BCUT2D eigenvalue weighted by Crippen LogP contribution is 2.29. The summed E-state index contributed by atoms with van der Waals surface area (Å²) in [5.41, 5.74) is 3.00. The van der Waals surface area contributed by atoms with Gasteiger partial charge in [-0.25, -0.2) is 10.2 Å². The molecule has 0 aromatic heterocycles. The van der Waals surface area contributed by atoms with Gasteiger partial charge in [-0.05, 0) is 48.0 Å². The van der Waals surface area contributed by atoms with Gasteiger partial charge in [-0.15, -0.1) is 0 Å². The standard InChI is InChI=1S/C23H18ClN3O7/c1-32-21-12-15(6-11-20(21)34-23(29)18-4-2-3-5-19(18)24)13-25-26-22(28)14-33-17-9-7-16(8-10-17)27(30)31/h2-13H,14H2,1H3,(H,26,28)/b25-13+. The highest BCUT2D eigenvalue weighted by molar-refractivity contribution is 6.33. The van der Waals surface area contributed by atoms with Gasteiger partial charge in [0.2, 0.25) is 0 Å². The van der Waals surface area contributed by atoms with Crippen LogP contribution in [0.5, 0.6) is 17.2 Å². The van der Waals surface area contributed by atoms with E-state index in [4.69, 9.17) is 25.8 Å². The number of nitro groups is 1. The van der Waals surface area contributed by atoms with Gasteiger partial charge in [-0.2, -0.15) is 5.10 Å². The number of hydrogen-bond donors (Lipinski definition) is 1. The van der Waals surface area contributed by atoms with E-state index in [9.17, 15) is 19.7 Å². The topological polar surface area (TPSA) is 129 Å². The van der Waals surface area contributed by atoms with E-state index in [0.29, 0.717) is 11.3 Å². The van der Waals surface area contributed by atoms with Gasteiger partial charge in [-0.3, -0.25) is 14.9 Å². The number of halogens is 1. The van der Waals surface area contributed by atoms with Gasteiger partial charge in [0.1, 0.15) is 5.75 Å². The number of nitro benzene ring substituents is 1. The Balaban J connectivity index is 1.55. The van der Waals surface area contributed by atoms with E-state index >= 15 is 0 Å². The number of hydrogen-bond acceptors (Lipinski definition) is 8. The van der Waals surface area contributed by atoms with Crippen LogP contribution in [0.15, 0.2) is 71.8 Å². The van der Waals surface area contributed by atoms with Crippen molar-refractivity contribution in [2.75, 3.05) is 13.7 Å². The van der Waals surface area contributed by atoms with Crippen molar-refractivity contribution in [3.8, 4) is 17.2 Å². The minimum atomic E-state index is -0.634. The lowest BCUT2D eigenvalue weighted by Crippen LogP contribution is -2.24. The number of rotatable bonds is 9. The quantitative estimate of drug-likeness (QED) is 0.160. The fourth-order valence-corrected chi connectivity index (χ4v) is 2.87. The van der Waals surface area contributed by atoms with Crippen LogP contribution in [0, 0.1) is 10.1 Å². The summed E-state index contributed by atoms with van der Waals surface area (Å²) in [6.45, 7) is -0.338. The summed E-state index contributed by atoms with van der Waals surface area (Å²) < 4.78 is 15.9. The van der Waals surface area contributed by atoms with Crippen molar-refractivity contribution in [1.82, 2.24) is 5.43 Å². The van der Waals surface area contributed by atoms with E-state index in [2.05, 4.69) is 10.5 Å². The summed E-state index contributed by atoms with van der Waals surface area (Å²) in [5, 5.41) is 14.7. The smallest absolute Gasteiger partial charge is 0.345 e. The lowest BCUT2D eigenvalue weighted by atomic mass is 10.2. The number of ether oxygens (including phenoxy) is 3. The second-order valence-corrected chi connectivity index (χ2v) is 7.02. The molecule has 0 radical (unpaired) electrons. The number of benzene rings is 3. The van der Waals surface area contributed by atoms with Crippen LogP contribution >= 0.6 is 11.6 Å². The molecule has 0 saturated carbocycles. The number of esters is 1. The molecule has 1 amide bonds. The maximum atomic E-state index is 12.4. The summed E-state index contributed by atoms with van der Waals surface area (Å²) in [6, 6.07) is 16.5. The number of methoxy groups -OCH3 is 1. The van der Waals surface area contributed by atoms with Crippen LogP contribution in [-0.2, 0) is 4.79 Å². The maximum Gasteiger partial charge on any atom is 0.345 e. The number of nitrogens with one attached hydrogen (secondary N) is 1. The fourth-order valence-electron chi connectivity index (χ4n) is 2.65. The van der Waals surface area contributed by atoms with E-state index in [-0.39, 0.29) is 34.4 Å². The van der Waals surface area contributed by atoms with Crippen LogP contribution in [0.2, 0.25) is 5.02 Å². The van der Waals surface area contributed by atoms with E-state index in [1.165, 1.54) is 43.7 Å². The Morgan fingerprint density at radius 2 is 1.82 bits per heavy atom. The molecule has 0 fully saturated rings. The minimum Gasteiger partial charge on any atom is -0.493 e. The SMILES string of the molecule is COc1cc(/C=N/NC(=O)COc2ccc([N+](=O)[O-])cc2)ccc1OC(=O)c1ccccc1Cl. The molecule has 0 aliphatic rings. The van der Waals surface area contributed by atoms with Gasteiger partial charge in [0, 0.05) is 12.1 Å². The highest BCUT2D eigenvalue weighted by atomic mass is 35.5. The third kappa shape index (κ3) is 6.53. The van der Waals surface area contributed by atoms with Crippen molar-refractivity contribution in [3.63, 3.8) is 0 Å². The molecule has 0 aliphatic heterocycles. The zero-order valence-corrected chi connectivity index (χ0v) is 18.5. The van der Waals surface area contributed by atoms with Crippen LogP contribution in [0.4, 0.5) is 5.69 Å². The predicted octanol–water partition coefficient (Wildman–Crippen LogP) is 4.01. The summed E-state index contributed by atoms with van der Waals surface area (Å²) in [7, 11) is 1.42. The number of non-ortho nitro benzene ring substituents is 1. The third-order valence-corrected chi connectivity index (χ3v) is 4.63. The van der Waals surface area contributed by atoms with Crippen molar-refractivity contribution in [2.24, 2.45) is 5.10 Å². The molecule has 3 aromatic carbocycles. The molecule has 0 aliphatic carbocycles. The highest BCUT2D eigenvalue weighted by Gasteiger charge is 2.15. The molecule has 34 heavy (non-hydrogen) atoms. The second-order valence-electron chi connectivity index (χ2n) is 6.61. The second kappa shape index (κ2) is 11.4. The Hall–Kier alpha value is -4.44. The summed E-state index contributed by atoms with van der Waals surface area (Å²) in [4.78, 5) is 34.4. The first-order valence-corrected chi connectivity index (χ1v) is 10.1. The lowest BCUT2D eigenvalue weighted by Gasteiger charge is -2.10. The third-order valence-electron chi connectivity index (χ3n) is 4.30. The molecule has 0 atom stereocenters. The van der Waals surface area contributed by atoms with E-state index in [0.717, 1.165) is 0 Å². The van der Waals surface area contributed by atoms with Crippen LogP contribution in [0.25, 0.3) is 0 Å². The summed E-state index contributed by atoms with van der Waals surface area (Å²) in [6.07, 6.45) is 1.37. The first-order valence-electron chi connectivity index (χ1n) is 9.71. The first-order chi connectivity index (χ1) is 16.4. The number of carbonyl (C=O) groups excluding carboxylic acids is 2. The van der Waals surface area contributed by atoms with Gasteiger partial charge in [0.15, 0.2) is 18.1 Å². The monoisotopic (exact) mass is 483 g/mol. The van der Waals surface area contributed by atoms with Crippen LogP contribution in [0.1, 0.15) is 15.9 Å². The molecule has 0 bridgehead atoms. The molecule has 1 N–H and O–H groups in total. The molecular formula is C23H18ClN3O7. The van der Waals surface area contributed by atoms with Gasteiger partial charge in [0.25, 0.3) is 11.6 Å². The molecule has 10 nitrogen and oxygen atoms in total. The summed E-state index contributed by atoms with van der Waals surface area (Å²) >= 11 is 6.02. The average molecular weight is 484 g/mol. The van der Waals surface area contributed by atoms with Gasteiger partial charge >= 0.3 is 5.97 Å².